The average Bonchev–Trinajstić information content (AvgIpc) is 2.55. The number of pyridine rings is 1. The molecule has 0 amide bonds. The third-order valence-electron chi connectivity index (χ3n) is 3.25. The molecule has 2 aromatic rings. The van der Waals surface area contributed by atoms with E-state index >= 15 is 0 Å². The molecule has 0 saturated carbocycles. The normalized spacial score (nSPS) is 23.2. The molecule has 17 heavy (non-hydrogen) atoms. The Labute approximate surface area is 108 Å². The Kier molecular flexibility index (Phi) is 1.63. The molecular formula is C16H18N+. The fourth-order valence-electron chi connectivity index (χ4n) is 2.31. The lowest BCUT2D eigenvalue weighted by molar-refractivity contribution is -0.660. The highest BCUT2D eigenvalue weighted by Gasteiger charge is 2.17. The second-order valence-electron chi connectivity index (χ2n) is 4.44. The van der Waals surface area contributed by atoms with E-state index in [1.165, 1.54) is 0 Å². The predicted octanol–water partition coefficient (Wildman–Crippen LogP) is 2.98. The van der Waals surface area contributed by atoms with Crippen molar-refractivity contribution >= 4 is 0 Å². The van der Waals surface area contributed by atoms with Gasteiger partial charge in [0.1, 0.15) is 7.05 Å². The monoisotopic (exact) mass is 228 g/mol. The van der Waals surface area contributed by atoms with Gasteiger partial charge in [0.25, 0.3) is 0 Å². The molecule has 0 atom stereocenters. The zero-order valence-corrected chi connectivity index (χ0v) is 10.1. The molecule has 1 heterocycles. The van der Waals surface area contributed by atoms with Crippen LogP contribution in [0, 0.1) is 6.92 Å². The minimum Gasteiger partial charge on any atom is -0.201 e. The highest BCUT2D eigenvalue weighted by Crippen LogP contribution is 2.29. The van der Waals surface area contributed by atoms with E-state index in [0.29, 0.717) is 11.1 Å². The minimum atomic E-state index is -1.62. The van der Waals surface area contributed by atoms with Crippen molar-refractivity contribution in [1.82, 2.24) is 0 Å². The van der Waals surface area contributed by atoms with Crippen molar-refractivity contribution in [2.75, 3.05) is 0 Å². The van der Waals surface area contributed by atoms with E-state index in [-0.39, 0.29) is 6.42 Å². The summed E-state index contributed by atoms with van der Waals surface area (Å²) in [4.78, 5) is 0. The molecule has 0 aliphatic heterocycles. The van der Waals surface area contributed by atoms with Crippen LogP contribution in [0.15, 0.2) is 36.5 Å². The van der Waals surface area contributed by atoms with E-state index in [1.54, 1.807) is 0 Å². The van der Waals surface area contributed by atoms with E-state index < -0.39 is 12.7 Å². The largest absolute Gasteiger partial charge is 0.212 e. The van der Waals surface area contributed by atoms with Gasteiger partial charge in [0, 0.05) is 23.2 Å². The second-order valence-corrected chi connectivity index (χ2v) is 4.44. The molecule has 0 spiro atoms. The molecular weight excluding hydrogens is 206 g/mol. The highest BCUT2D eigenvalue weighted by molar-refractivity contribution is 5.63. The summed E-state index contributed by atoms with van der Waals surface area (Å²) in [6.07, 6.45) is -1.37. The molecule has 0 radical (unpaired) electrons. The number of hydrogen-bond donors (Lipinski definition) is 0. The smallest absolute Gasteiger partial charge is 0.201 e. The van der Waals surface area contributed by atoms with Gasteiger partial charge < -0.3 is 0 Å². The maximum absolute atomic E-state index is 8.13. The minimum absolute atomic E-state index is 0.112. The summed E-state index contributed by atoms with van der Waals surface area (Å²) in [5.41, 5.74) is 3.90. The Morgan fingerprint density at radius 1 is 1.18 bits per heavy atom. The van der Waals surface area contributed by atoms with Crippen LogP contribution in [-0.2, 0) is 19.8 Å². The number of hydrogen-bond acceptors (Lipinski definition) is 0. The third kappa shape index (κ3) is 1.76. The number of aromatic nitrogens is 1. The molecule has 1 aliphatic carbocycles. The van der Waals surface area contributed by atoms with E-state index in [0.717, 1.165) is 16.8 Å². The summed E-state index contributed by atoms with van der Waals surface area (Å²) in [6, 6.07) is 9.53. The number of benzene rings is 1. The van der Waals surface area contributed by atoms with Crippen molar-refractivity contribution in [3.05, 3.63) is 53.2 Å². The van der Waals surface area contributed by atoms with Gasteiger partial charge in [-0.2, -0.15) is 0 Å². The van der Waals surface area contributed by atoms with Crippen LogP contribution in [0.2, 0.25) is 0 Å². The lowest BCUT2D eigenvalue weighted by atomic mass is 9.98. The van der Waals surface area contributed by atoms with Crippen LogP contribution in [0.1, 0.15) is 28.6 Å². The van der Waals surface area contributed by atoms with Gasteiger partial charge in [0.05, 0.1) is 0 Å². The SMILES string of the molecule is [2H]C1([2H])CC([2H])([2H])c2cc(-c3cccc[n+]3C)c(C)cc21. The molecule has 0 bridgehead atoms. The van der Waals surface area contributed by atoms with Crippen molar-refractivity contribution in [3.63, 3.8) is 0 Å². The van der Waals surface area contributed by atoms with Gasteiger partial charge in [-0.05, 0) is 54.9 Å². The fourth-order valence-corrected chi connectivity index (χ4v) is 2.31. The Morgan fingerprint density at radius 3 is 2.71 bits per heavy atom. The number of fused-ring (bicyclic) bond motifs is 1. The van der Waals surface area contributed by atoms with Gasteiger partial charge in [-0.25, -0.2) is 4.57 Å². The maximum atomic E-state index is 8.13. The average molecular weight is 228 g/mol. The molecule has 1 aliphatic rings. The van der Waals surface area contributed by atoms with E-state index in [9.17, 15) is 0 Å². The summed E-state index contributed by atoms with van der Waals surface area (Å²) < 4.78 is 34.4. The Balaban J connectivity index is 2.26. The van der Waals surface area contributed by atoms with E-state index in [2.05, 4.69) is 0 Å². The van der Waals surface area contributed by atoms with Crippen molar-refractivity contribution in [2.24, 2.45) is 7.05 Å². The van der Waals surface area contributed by atoms with Gasteiger partial charge in [-0.15, -0.1) is 0 Å². The quantitative estimate of drug-likeness (QED) is 0.661. The first-order chi connectivity index (χ1) is 9.72. The molecule has 0 saturated heterocycles. The van der Waals surface area contributed by atoms with Crippen molar-refractivity contribution in [1.29, 1.82) is 0 Å². The van der Waals surface area contributed by atoms with Gasteiger partial charge in [-0.3, -0.25) is 0 Å². The molecule has 1 aromatic heterocycles. The zero-order valence-electron chi connectivity index (χ0n) is 14.1. The van der Waals surface area contributed by atoms with Gasteiger partial charge in [0.2, 0.25) is 5.69 Å². The molecule has 1 nitrogen and oxygen atoms in total. The molecule has 3 rings (SSSR count). The van der Waals surface area contributed by atoms with Crippen LogP contribution in [0.25, 0.3) is 11.3 Å². The first kappa shape index (κ1) is 6.95. The van der Waals surface area contributed by atoms with Crippen molar-refractivity contribution in [2.45, 2.75) is 26.1 Å². The van der Waals surface area contributed by atoms with Crippen LogP contribution in [0.3, 0.4) is 0 Å². The Bertz CT molecular complexity index is 722. The highest BCUT2D eigenvalue weighted by atomic mass is 14.9. The predicted molar refractivity (Wildman–Crippen MR) is 69.8 cm³/mol. The second kappa shape index (κ2) is 3.99. The van der Waals surface area contributed by atoms with Crippen LogP contribution < -0.4 is 4.57 Å². The molecule has 0 fully saturated rings. The van der Waals surface area contributed by atoms with Crippen molar-refractivity contribution in [3.8, 4) is 11.3 Å². The summed E-state index contributed by atoms with van der Waals surface area (Å²) in [5.74, 6) is 0. The first-order valence-corrected chi connectivity index (χ1v) is 5.83. The molecule has 0 unspecified atom stereocenters. The van der Waals surface area contributed by atoms with Gasteiger partial charge >= 0.3 is 0 Å². The molecule has 1 heteroatoms. The zero-order chi connectivity index (χ0) is 15.4. The standard InChI is InChI=1S/C16H18N/c1-12-10-13-6-5-7-14(13)11-15(12)16-8-3-4-9-17(16)2/h3-4,8-11H,5-7H2,1-2H3/q+1/i6D2,7D2. The fraction of sp³-hybridized carbons (Fsp3) is 0.312. The van der Waals surface area contributed by atoms with Gasteiger partial charge in [-0.1, -0.05) is 6.07 Å². The van der Waals surface area contributed by atoms with Crippen LogP contribution in [0.4, 0.5) is 0 Å². The van der Waals surface area contributed by atoms with Crippen LogP contribution in [0.5, 0.6) is 0 Å². The molecule has 1 aromatic carbocycles. The lowest BCUT2D eigenvalue weighted by Gasteiger charge is -2.07. The van der Waals surface area contributed by atoms with Crippen molar-refractivity contribution < 1.29 is 10.1 Å². The Morgan fingerprint density at radius 2 is 1.94 bits per heavy atom. The number of aryl methyl sites for hydroxylation is 4. The van der Waals surface area contributed by atoms with Crippen LogP contribution in [-0.4, -0.2) is 0 Å². The number of rotatable bonds is 1. The van der Waals surface area contributed by atoms with E-state index in [1.807, 2.05) is 55.1 Å². The first-order valence-electron chi connectivity index (χ1n) is 7.83. The Hall–Kier alpha value is -1.63. The topological polar surface area (TPSA) is 3.88 Å². The molecule has 0 N–H and O–H groups in total. The maximum Gasteiger partial charge on any atom is 0.212 e. The summed E-state index contributed by atoms with van der Waals surface area (Å²) >= 11 is 0. The summed E-state index contributed by atoms with van der Waals surface area (Å²) in [7, 11) is 1.95. The van der Waals surface area contributed by atoms with Gasteiger partial charge in [0.15, 0.2) is 6.20 Å². The third-order valence-corrected chi connectivity index (χ3v) is 3.25. The number of nitrogens with zero attached hydrogens (tertiary/aromatic N) is 1. The summed E-state index contributed by atoms with van der Waals surface area (Å²) in [6.45, 7) is 1.95. The van der Waals surface area contributed by atoms with Crippen LogP contribution >= 0.6 is 0 Å². The summed E-state index contributed by atoms with van der Waals surface area (Å²) in [5, 5.41) is 0. The molecule has 86 valence electrons. The van der Waals surface area contributed by atoms with E-state index in [4.69, 9.17) is 5.48 Å². The lowest BCUT2D eigenvalue weighted by Crippen LogP contribution is -2.30.